The zero-order valence-electron chi connectivity index (χ0n) is 5.89. The summed E-state index contributed by atoms with van der Waals surface area (Å²) in [5.41, 5.74) is 4.60. The molecule has 66 valence electrons. The molecule has 1 amide bonds. The quantitative estimate of drug-likeness (QED) is 0.443. The minimum Gasteiger partial charge on any atom is -0.364 e. The van der Waals surface area contributed by atoms with Gasteiger partial charge in [-0.2, -0.15) is 0 Å². The number of carbonyl (C=O) groups is 1. The predicted octanol–water partition coefficient (Wildman–Crippen LogP) is -1.08. The highest BCUT2D eigenvalue weighted by Gasteiger charge is 2.24. The summed E-state index contributed by atoms with van der Waals surface area (Å²) in [6, 6.07) is 1.13. The van der Waals surface area contributed by atoms with Crippen molar-refractivity contribution >= 4 is 18.8 Å². The van der Waals surface area contributed by atoms with Gasteiger partial charge in [-0.25, -0.2) is 0 Å². The molecular formula is C5H7N2O4P. The first-order valence-electron chi connectivity index (χ1n) is 2.96. The molecule has 7 heteroatoms. The number of hydrogen-bond acceptors (Lipinski definition) is 2. The van der Waals surface area contributed by atoms with E-state index >= 15 is 0 Å². The van der Waals surface area contributed by atoms with E-state index in [1.807, 2.05) is 0 Å². The summed E-state index contributed by atoms with van der Waals surface area (Å²) in [4.78, 5) is 30.3. The molecular weight excluding hydrogens is 183 g/mol. The van der Waals surface area contributed by atoms with E-state index in [0.717, 1.165) is 6.07 Å². The third kappa shape index (κ3) is 1.55. The maximum absolute atomic E-state index is 10.7. The third-order valence-corrected chi connectivity index (χ3v) is 2.29. The lowest BCUT2D eigenvalue weighted by atomic mass is 10.4. The van der Waals surface area contributed by atoms with E-state index in [9.17, 15) is 9.36 Å². The Hall–Kier alpha value is -1.10. The second-order valence-electron chi connectivity index (χ2n) is 2.15. The Morgan fingerprint density at radius 1 is 1.58 bits per heavy atom. The molecule has 0 spiro atoms. The van der Waals surface area contributed by atoms with Crippen LogP contribution in [0.4, 0.5) is 0 Å². The standard InChI is InChI=1S/C5H7N2O4P/c6-5(8)4-3(1-2-7-4)12(9,10)11/h1-2,7H,(H2,6,8)(H2,9,10,11). The van der Waals surface area contributed by atoms with E-state index in [1.54, 1.807) is 0 Å². The van der Waals surface area contributed by atoms with Gasteiger partial charge >= 0.3 is 7.60 Å². The lowest BCUT2D eigenvalue weighted by Crippen LogP contribution is -2.20. The van der Waals surface area contributed by atoms with Crippen LogP contribution in [-0.4, -0.2) is 20.7 Å². The number of rotatable bonds is 2. The molecule has 0 fully saturated rings. The van der Waals surface area contributed by atoms with Gasteiger partial charge in [0.05, 0.1) is 5.30 Å². The number of carbonyl (C=O) groups excluding carboxylic acids is 1. The summed E-state index contributed by atoms with van der Waals surface area (Å²) in [5, 5.41) is -0.366. The van der Waals surface area contributed by atoms with Gasteiger partial charge in [0.25, 0.3) is 5.91 Å². The normalized spacial score (nSPS) is 11.5. The Labute approximate surface area is 67.6 Å². The maximum Gasteiger partial charge on any atom is 0.358 e. The molecule has 1 rings (SSSR count). The summed E-state index contributed by atoms with van der Waals surface area (Å²) >= 11 is 0. The minimum absolute atomic E-state index is 0.247. The van der Waals surface area contributed by atoms with Crippen molar-refractivity contribution in [3.63, 3.8) is 0 Å². The van der Waals surface area contributed by atoms with Crippen LogP contribution < -0.4 is 11.0 Å². The molecule has 12 heavy (non-hydrogen) atoms. The van der Waals surface area contributed by atoms with Crippen molar-refractivity contribution < 1.29 is 19.1 Å². The van der Waals surface area contributed by atoms with Crippen LogP contribution in [-0.2, 0) is 4.57 Å². The van der Waals surface area contributed by atoms with E-state index < -0.39 is 13.5 Å². The van der Waals surface area contributed by atoms with Crippen LogP contribution >= 0.6 is 7.60 Å². The van der Waals surface area contributed by atoms with Gasteiger partial charge in [-0.05, 0) is 6.07 Å². The van der Waals surface area contributed by atoms with Gasteiger partial charge in [-0.3, -0.25) is 9.36 Å². The van der Waals surface area contributed by atoms with Crippen LogP contribution in [0, 0.1) is 0 Å². The number of nitrogens with two attached hydrogens (primary N) is 1. The highest BCUT2D eigenvalue weighted by Crippen LogP contribution is 2.34. The second kappa shape index (κ2) is 2.75. The molecule has 1 aromatic heterocycles. The van der Waals surface area contributed by atoms with Gasteiger partial charge in [0.15, 0.2) is 0 Å². The highest BCUT2D eigenvalue weighted by atomic mass is 31.2. The molecule has 6 nitrogen and oxygen atoms in total. The van der Waals surface area contributed by atoms with E-state index in [0.29, 0.717) is 0 Å². The first kappa shape index (κ1) is 8.99. The average molecular weight is 190 g/mol. The van der Waals surface area contributed by atoms with Gasteiger partial charge < -0.3 is 20.5 Å². The lowest BCUT2D eigenvalue weighted by molar-refractivity contribution is 0.0996. The molecule has 0 saturated carbocycles. The van der Waals surface area contributed by atoms with Crippen molar-refractivity contribution in [2.24, 2.45) is 5.73 Å². The largest absolute Gasteiger partial charge is 0.364 e. The van der Waals surface area contributed by atoms with E-state index in [-0.39, 0.29) is 11.0 Å². The molecule has 0 atom stereocenters. The number of H-pyrrole nitrogens is 1. The van der Waals surface area contributed by atoms with Gasteiger partial charge in [0, 0.05) is 6.20 Å². The number of aromatic amines is 1. The lowest BCUT2D eigenvalue weighted by Gasteiger charge is -2.01. The van der Waals surface area contributed by atoms with Crippen LogP contribution in [0.3, 0.4) is 0 Å². The van der Waals surface area contributed by atoms with E-state index in [1.165, 1.54) is 6.20 Å². The number of hydrogen-bond donors (Lipinski definition) is 4. The average Bonchev–Trinajstić information content (AvgIpc) is 2.30. The number of nitrogens with one attached hydrogen (secondary N) is 1. The highest BCUT2D eigenvalue weighted by molar-refractivity contribution is 7.60. The van der Waals surface area contributed by atoms with Crippen LogP contribution in [0.1, 0.15) is 10.5 Å². The van der Waals surface area contributed by atoms with E-state index in [4.69, 9.17) is 15.5 Å². The molecule has 5 N–H and O–H groups in total. The number of primary amides is 1. The fourth-order valence-corrected chi connectivity index (χ4v) is 1.54. The molecule has 0 aliphatic heterocycles. The number of aromatic nitrogens is 1. The fraction of sp³-hybridized carbons (Fsp3) is 0. The monoisotopic (exact) mass is 190 g/mol. The molecule has 0 saturated heterocycles. The van der Waals surface area contributed by atoms with Crippen molar-refractivity contribution in [2.75, 3.05) is 0 Å². The maximum atomic E-state index is 10.7. The molecule has 0 unspecified atom stereocenters. The molecule has 0 aliphatic carbocycles. The molecule has 0 aliphatic rings. The summed E-state index contributed by atoms with van der Waals surface area (Å²) in [5.74, 6) is -0.890. The zero-order valence-corrected chi connectivity index (χ0v) is 6.78. The smallest absolute Gasteiger partial charge is 0.358 e. The molecule has 1 heterocycles. The predicted molar refractivity (Wildman–Crippen MR) is 41.0 cm³/mol. The van der Waals surface area contributed by atoms with E-state index in [2.05, 4.69) is 4.98 Å². The molecule has 1 aromatic rings. The van der Waals surface area contributed by atoms with Crippen molar-refractivity contribution in [1.82, 2.24) is 4.98 Å². The van der Waals surface area contributed by atoms with Gasteiger partial charge in [0.1, 0.15) is 5.69 Å². The Morgan fingerprint density at radius 3 is 2.50 bits per heavy atom. The van der Waals surface area contributed by atoms with Gasteiger partial charge in [-0.1, -0.05) is 0 Å². The minimum atomic E-state index is -4.39. The first-order valence-corrected chi connectivity index (χ1v) is 4.57. The fourth-order valence-electron chi connectivity index (χ4n) is 0.801. The Morgan fingerprint density at radius 2 is 2.17 bits per heavy atom. The number of amides is 1. The van der Waals surface area contributed by atoms with Crippen molar-refractivity contribution in [1.29, 1.82) is 0 Å². The van der Waals surface area contributed by atoms with Crippen molar-refractivity contribution in [3.05, 3.63) is 18.0 Å². The second-order valence-corrected chi connectivity index (χ2v) is 3.72. The Bertz CT molecular complexity index is 352. The van der Waals surface area contributed by atoms with Gasteiger partial charge in [-0.15, -0.1) is 0 Å². The topological polar surface area (TPSA) is 116 Å². The third-order valence-electron chi connectivity index (χ3n) is 1.29. The van der Waals surface area contributed by atoms with Crippen LogP contribution in [0.15, 0.2) is 12.3 Å². The van der Waals surface area contributed by atoms with Crippen LogP contribution in [0.25, 0.3) is 0 Å². The van der Waals surface area contributed by atoms with Crippen molar-refractivity contribution in [3.8, 4) is 0 Å². The first-order chi connectivity index (χ1) is 5.43. The molecule has 0 radical (unpaired) electrons. The summed E-state index contributed by atoms with van der Waals surface area (Å²) < 4.78 is 10.7. The van der Waals surface area contributed by atoms with Gasteiger partial charge in [0.2, 0.25) is 0 Å². The molecule has 0 bridgehead atoms. The zero-order chi connectivity index (χ0) is 9.35. The SMILES string of the molecule is NC(=O)c1[nH]ccc1P(=O)(O)O. The van der Waals surface area contributed by atoms with Crippen LogP contribution in [0.2, 0.25) is 0 Å². The van der Waals surface area contributed by atoms with Crippen LogP contribution in [0.5, 0.6) is 0 Å². The Kier molecular flexibility index (Phi) is 2.06. The summed E-state index contributed by atoms with van der Waals surface area (Å²) in [7, 11) is -4.39. The Balaban J connectivity index is 3.26. The van der Waals surface area contributed by atoms with Crippen molar-refractivity contribution in [2.45, 2.75) is 0 Å². The summed E-state index contributed by atoms with van der Waals surface area (Å²) in [6.45, 7) is 0. The summed E-state index contributed by atoms with van der Waals surface area (Å²) in [6.07, 6.45) is 1.24. The molecule has 0 aromatic carbocycles.